The molecular formula is C28H30F2N2O2. The summed E-state index contributed by atoms with van der Waals surface area (Å²) < 4.78 is 33.8. The molecule has 3 aromatic carbocycles. The molecule has 1 amide bonds. The molecule has 6 heteroatoms. The number of halogens is 2. The van der Waals surface area contributed by atoms with Gasteiger partial charge in [-0.3, -0.25) is 9.69 Å². The van der Waals surface area contributed by atoms with E-state index in [1.807, 2.05) is 35.2 Å². The van der Waals surface area contributed by atoms with Crippen LogP contribution in [0.4, 0.5) is 8.78 Å². The summed E-state index contributed by atoms with van der Waals surface area (Å²) in [6.45, 7) is 4.74. The van der Waals surface area contributed by atoms with E-state index in [-0.39, 0.29) is 23.8 Å². The molecule has 1 aliphatic rings. The fraction of sp³-hybridized carbons (Fsp3) is 0.321. The second kappa shape index (κ2) is 11.4. The van der Waals surface area contributed by atoms with E-state index in [0.717, 1.165) is 24.0 Å². The number of piperazine rings is 1. The Hall–Kier alpha value is -3.09. The number of hydrogen-bond donors (Lipinski definition) is 0. The topological polar surface area (TPSA) is 32.8 Å². The maximum absolute atomic E-state index is 13.6. The zero-order valence-electron chi connectivity index (χ0n) is 19.4. The monoisotopic (exact) mass is 464 g/mol. The van der Waals surface area contributed by atoms with Gasteiger partial charge in [-0.1, -0.05) is 55.8 Å². The molecule has 0 N–H and O–H groups in total. The SMILES string of the molecule is CCCC(OC(c1ccc(F)cc1)c1ccc(F)cc1)N1CCN(C(=O)c2ccccc2)CC1. The normalized spacial score (nSPS) is 15.5. The van der Waals surface area contributed by atoms with Crippen LogP contribution in [0.2, 0.25) is 0 Å². The van der Waals surface area contributed by atoms with Gasteiger partial charge >= 0.3 is 0 Å². The first-order valence-electron chi connectivity index (χ1n) is 11.8. The van der Waals surface area contributed by atoms with E-state index in [2.05, 4.69) is 11.8 Å². The molecule has 0 bridgehead atoms. The number of amides is 1. The molecule has 0 saturated carbocycles. The summed E-state index contributed by atoms with van der Waals surface area (Å²) in [5, 5.41) is 0. The molecule has 1 fully saturated rings. The van der Waals surface area contributed by atoms with Crippen LogP contribution in [0, 0.1) is 11.6 Å². The quantitative estimate of drug-likeness (QED) is 0.432. The van der Waals surface area contributed by atoms with E-state index in [1.54, 1.807) is 24.3 Å². The maximum atomic E-state index is 13.6. The first-order valence-corrected chi connectivity index (χ1v) is 11.8. The molecule has 0 spiro atoms. The third-order valence-corrected chi connectivity index (χ3v) is 6.20. The number of rotatable bonds is 8. The summed E-state index contributed by atoms with van der Waals surface area (Å²) >= 11 is 0. The average Bonchev–Trinajstić information content (AvgIpc) is 2.88. The molecule has 0 aromatic heterocycles. The molecule has 0 aliphatic carbocycles. The third kappa shape index (κ3) is 5.88. The Morgan fingerprint density at radius 1 is 0.824 bits per heavy atom. The van der Waals surface area contributed by atoms with Gasteiger partial charge in [-0.25, -0.2) is 8.78 Å². The average molecular weight is 465 g/mol. The summed E-state index contributed by atoms with van der Waals surface area (Å²) in [4.78, 5) is 17.0. The molecule has 1 heterocycles. The van der Waals surface area contributed by atoms with Crippen LogP contribution in [-0.2, 0) is 4.74 Å². The van der Waals surface area contributed by atoms with E-state index in [1.165, 1.54) is 24.3 Å². The highest BCUT2D eigenvalue weighted by atomic mass is 19.1. The van der Waals surface area contributed by atoms with Gasteiger partial charge < -0.3 is 9.64 Å². The summed E-state index contributed by atoms with van der Waals surface area (Å²) in [6.07, 6.45) is 1.10. The van der Waals surface area contributed by atoms with Gasteiger partial charge in [0.25, 0.3) is 5.91 Å². The van der Waals surface area contributed by atoms with E-state index >= 15 is 0 Å². The van der Waals surface area contributed by atoms with Crippen molar-refractivity contribution in [3.8, 4) is 0 Å². The lowest BCUT2D eigenvalue weighted by molar-refractivity contribution is -0.103. The molecule has 1 saturated heterocycles. The number of benzene rings is 3. The van der Waals surface area contributed by atoms with Crippen LogP contribution in [0.3, 0.4) is 0 Å². The number of nitrogens with zero attached hydrogens (tertiary/aromatic N) is 2. The first-order chi connectivity index (χ1) is 16.5. The van der Waals surface area contributed by atoms with Crippen molar-refractivity contribution < 1.29 is 18.3 Å². The summed E-state index contributed by atoms with van der Waals surface area (Å²) in [5.41, 5.74) is 2.32. The highest BCUT2D eigenvalue weighted by Gasteiger charge is 2.29. The molecule has 3 aromatic rings. The predicted octanol–water partition coefficient (Wildman–Crippen LogP) is 5.66. The zero-order chi connectivity index (χ0) is 23.9. The number of hydrogen-bond acceptors (Lipinski definition) is 3. The molecule has 1 atom stereocenters. The minimum Gasteiger partial charge on any atom is -0.350 e. The van der Waals surface area contributed by atoms with Gasteiger partial charge in [-0.15, -0.1) is 0 Å². The van der Waals surface area contributed by atoms with Gasteiger partial charge in [0.05, 0.1) is 0 Å². The lowest BCUT2D eigenvalue weighted by atomic mass is 10.0. The Bertz CT molecular complexity index is 1000. The standard InChI is InChI=1S/C28H30F2N2O2/c1-2-6-26(31-17-19-32(20-18-31)28(33)23-7-4-3-5-8-23)34-27(21-9-13-24(29)14-10-21)22-11-15-25(30)16-12-22/h3-5,7-16,26-27H,2,6,17-20H2,1H3. The minimum absolute atomic E-state index is 0.0451. The van der Waals surface area contributed by atoms with E-state index < -0.39 is 6.10 Å². The fourth-order valence-electron chi connectivity index (χ4n) is 4.34. The largest absolute Gasteiger partial charge is 0.350 e. The van der Waals surface area contributed by atoms with Gasteiger partial charge in [0.1, 0.15) is 24.0 Å². The maximum Gasteiger partial charge on any atom is 0.253 e. The molecule has 4 rings (SSSR count). The van der Waals surface area contributed by atoms with Crippen molar-refractivity contribution in [3.63, 3.8) is 0 Å². The zero-order valence-corrected chi connectivity index (χ0v) is 19.4. The van der Waals surface area contributed by atoms with Crippen molar-refractivity contribution in [3.05, 3.63) is 107 Å². The molecule has 1 aliphatic heterocycles. The van der Waals surface area contributed by atoms with Crippen molar-refractivity contribution in [1.29, 1.82) is 0 Å². The van der Waals surface area contributed by atoms with E-state index in [9.17, 15) is 13.6 Å². The number of ether oxygens (including phenoxy) is 1. The number of carbonyl (C=O) groups is 1. The molecule has 0 radical (unpaired) electrons. The second-order valence-corrected chi connectivity index (χ2v) is 8.56. The summed E-state index contributed by atoms with van der Waals surface area (Å²) in [6, 6.07) is 21.8. The fourth-order valence-corrected chi connectivity index (χ4v) is 4.34. The Morgan fingerprint density at radius 3 is 1.85 bits per heavy atom. The lowest BCUT2D eigenvalue weighted by Gasteiger charge is -2.40. The van der Waals surface area contributed by atoms with Crippen molar-refractivity contribution in [2.45, 2.75) is 32.1 Å². The Balaban J connectivity index is 1.49. The van der Waals surface area contributed by atoms with Crippen LogP contribution in [0.5, 0.6) is 0 Å². The van der Waals surface area contributed by atoms with Gasteiger partial charge in [0, 0.05) is 31.7 Å². The highest BCUT2D eigenvalue weighted by molar-refractivity contribution is 5.94. The molecule has 178 valence electrons. The molecule has 4 nitrogen and oxygen atoms in total. The van der Waals surface area contributed by atoms with Crippen molar-refractivity contribution in [1.82, 2.24) is 9.80 Å². The van der Waals surface area contributed by atoms with Crippen LogP contribution in [0.1, 0.15) is 47.4 Å². The Morgan fingerprint density at radius 2 is 1.35 bits per heavy atom. The molecule has 34 heavy (non-hydrogen) atoms. The highest BCUT2D eigenvalue weighted by Crippen LogP contribution is 2.30. The second-order valence-electron chi connectivity index (χ2n) is 8.56. The summed E-state index contributed by atoms with van der Waals surface area (Å²) in [7, 11) is 0. The Kier molecular flexibility index (Phi) is 8.03. The minimum atomic E-state index is -0.457. The molecule has 1 unspecified atom stereocenters. The van der Waals surface area contributed by atoms with E-state index in [4.69, 9.17) is 4.74 Å². The van der Waals surface area contributed by atoms with Crippen LogP contribution < -0.4 is 0 Å². The third-order valence-electron chi connectivity index (χ3n) is 6.20. The summed E-state index contributed by atoms with van der Waals surface area (Å²) in [5.74, 6) is -0.583. The lowest BCUT2D eigenvalue weighted by Crippen LogP contribution is -2.52. The van der Waals surface area contributed by atoms with Crippen molar-refractivity contribution >= 4 is 5.91 Å². The van der Waals surface area contributed by atoms with Crippen LogP contribution in [0.25, 0.3) is 0 Å². The van der Waals surface area contributed by atoms with E-state index in [0.29, 0.717) is 31.7 Å². The van der Waals surface area contributed by atoms with Gasteiger partial charge in [0.15, 0.2) is 0 Å². The Labute approximate surface area is 199 Å². The molecular weight excluding hydrogens is 434 g/mol. The smallest absolute Gasteiger partial charge is 0.253 e. The van der Waals surface area contributed by atoms with Gasteiger partial charge in [0.2, 0.25) is 0 Å². The first kappa shape index (κ1) is 24.0. The van der Waals surface area contributed by atoms with Crippen molar-refractivity contribution in [2.75, 3.05) is 26.2 Å². The van der Waals surface area contributed by atoms with Crippen LogP contribution >= 0.6 is 0 Å². The van der Waals surface area contributed by atoms with Gasteiger partial charge in [-0.05, 0) is 53.9 Å². The predicted molar refractivity (Wildman–Crippen MR) is 128 cm³/mol. The van der Waals surface area contributed by atoms with Crippen LogP contribution in [-0.4, -0.2) is 48.1 Å². The van der Waals surface area contributed by atoms with Crippen molar-refractivity contribution in [2.24, 2.45) is 0 Å². The number of carbonyl (C=O) groups excluding carboxylic acids is 1. The van der Waals surface area contributed by atoms with Crippen LogP contribution in [0.15, 0.2) is 78.9 Å². The van der Waals surface area contributed by atoms with Gasteiger partial charge in [-0.2, -0.15) is 0 Å².